The molecule has 0 saturated carbocycles. The minimum atomic E-state index is -0.539. The number of nitrogens with zero attached hydrogens (tertiary/aromatic N) is 1. The van der Waals surface area contributed by atoms with Crippen molar-refractivity contribution in [3.63, 3.8) is 0 Å². The van der Waals surface area contributed by atoms with Gasteiger partial charge in [-0.1, -0.05) is 12.1 Å². The first-order valence-electron chi connectivity index (χ1n) is 7.69. The Balaban J connectivity index is 1.85. The summed E-state index contributed by atoms with van der Waals surface area (Å²) in [6.07, 6.45) is 2.61. The van der Waals surface area contributed by atoms with Crippen molar-refractivity contribution in [2.24, 2.45) is 0 Å². The molecule has 0 bridgehead atoms. The quantitative estimate of drug-likeness (QED) is 0.860. The van der Waals surface area contributed by atoms with Gasteiger partial charge in [0.1, 0.15) is 11.8 Å². The van der Waals surface area contributed by atoms with E-state index in [1.54, 1.807) is 6.20 Å². The second-order valence-electron chi connectivity index (χ2n) is 5.56. The molecule has 120 valence electrons. The van der Waals surface area contributed by atoms with Crippen LogP contribution in [0.4, 0.5) is 0 Å². The summed E-state index contributed by atoms with van der Waals surface area (Å²) in [6, 6.07) is 11.0. The number of hydrogen-bond acceptors (Lipinski definition) is 5. The third-order valence-electron chi connectivity index (χ3n) is 4.03. The van der Waals surface area contributed by atoms with Crippen LogP contribution >= 0.6 is 0 Å². The first-order chi connectivity index (χ1) is 11.2. The topological polar surface area (TPSA) is 60.5 Å². The number of benzene rings is 1. The predicted molar refractivity (Wildman–Crippen MR) is 86.2 cm³/mol. The SMILES string of the molecule is COC(=O)[C@@H](N[C@H](C)c1ccccn1)c1ccc2c(c1)CCO2. The molecule has 23 heavy (non-hydrogen) atoms. The van der Waals surface area contributed by atoms with E-state index in [0.717, 1.165) is 29.0 Å². The van der Waals surface area contributed by atoms with Crippen LogP contribution < -0.4 is 10.1 Å². The van der Waals surface area contributed by atoms with Crippen molar-refractivity contribution in [2.75, 3.05) is 13.7 Å². The summed E-state index contributed by atoms with van der Waals surface area (Å²) in [5.74, 6) is 0.585. The lowest BCUT2D eigenvalue weighted by Gasteiger charge is -2.22. The highest BCUT2D eigenvalue weighted by Crippen LogP contribution is 2.29. The molecule has 0 spiro atoms. The summed E-state index contributed by atoms with van der Waals surface area (Å²) in [5.41, 5.74) is 2.89. The van der Waals surface area contributed by atoms with Gasteiger partial charge >= 0.3 is 5.97 Å². The molecule has 0 radical (unpaired) electrons. The molecule has 5 nitrogen and oxygen atoms in total. The third-order valence-corrected chi connectivity index (χ3v) is 4.03. The number of hydrogen-bond donors (Lipinski definition) is 1. The van der Waals surface area contributed by atoms with Gasteiger partial charge in [-0.3, -0.25) is 10.3 Å². The van der Waals surface area contributed by atoms with E-state index in [1.165, 1.54) is 7.11 Å². The van der Waals surface area contributed by atoms with Crippen molar-refractivity contribution in [3.8, 4) is 5.75 Å². The Morgan fingerprint density at radius 3 is 2.96 bits per heavy atom. The molecule has 2 atom stereocenters. The molecule has 0 aliphatic carbocycles. The first-order valence-corrected chi connectivity index (χ1v) is 7.69. The molecule has 0 unspecified atom stereocenters. The van der Waals surface area contributed by atoms with Gasteiger partial charge in [-0.2, -0.15) is 0 Å². The summed E-state index contributed by atoms with van der Waals surface area (Å²) >= 11 is 0. The fraction of sp³-hybridized carbons (Fsp3) is 0.333. The van der Waals surface area contributed by atoms with E-state index in [0.29, 0.717) is 6.61 Å². The number of esters is 1. The highest BCUT2D eigenvalue weighted by atomic mass is 16.5. The zero-order valence-electron chi connectivity index (χ0n) is 13.3. The Labute approximate surface area is 135 Å². The number of carbonyl (C=O) groups is 1. The Bertz CT molecular complexity index is 688. The number of pyridine rings is 1. The van der Waals surface area contributed by atoms with Crippen LogP contribution in [-0.4, -0.2) is 24.7 Å². The van der Waals surface area contributed by atoms with Crippen molar-refractivity contribution in [3.05, 3.63) is 59.4 Å². The van der Waals surface area contributed by atoms with Crippen LogP contribution in [0.15, 0.2) is 42.6 Å². The summed E-state index contributed by atoms with van der Waals surface area (Å²) in [7, 11) is 1.40. The zero-order chi connectivity index (χ0) is 16.2. The molecule has 0 saturated heterocycles. The number of fused-ring (bicyclic) bond motifs is 1. The highest BCUT2D eigenvalue weighted by Gasteiger charge is 2.25. The Hall–Kier alpha value is -2.40. The highest BCUT2D eigenvalue weighted by molar-refractivity contribution is 5.77. The second-order valence-corrected chi connectivity index (χ2v) is 5.56. The van der Waals surface area contributed by atoms with Gasteiger partial charge in [0.05, 0.1) is 19.4 Å². The minimum absolute atomic E-state index is 0.0789. The molecule has 2 heterocycles. The van der Waals surface area contributed by atoms with Gasteiger partial charge in [0.25, 0.3) is 0 Å². The zero-order valence-corrected chi connectivity index (χ0v) is 13.3. The van der Waals surface area contributed by atoms with E-state index in [-0.39, 0.29) is 12.0 Å². The number of carbonyl (C=O) groups excluding carboxylic acids is 1. The maximum atomic E-state index is 12.2. The molecule has 1 aliphatic rings. The largest absolute Gasteiger partial charge is 0.493 e. The van der Waals surface area contributed by atoms with Crippen LogP contribution in [0.3, 0.4) is 0 Å². The Kier molecular flexibility index (Phi) is 4.57. The van der Waals surface area contributed by atoms with E-state index < -0.39 is 6.04 Å². The van der Waals surface area contributed by atoms with Crippen LogP contribution in [0.5, 0.6) is 5.75 Å². The maximum absolute atomic E-state index is 12.2. The van der Waals surface area contributed by atoms with Gasteiger partial charge < -0.3 is 9.47 Å². The summed E-state index contributed by atoms with van der Waals surface area (Å²) in [4.78, 5) is 16.6. The molecule has 1 aromatic carbocycles. The molecular formula is C18H20N2O3. The van der Waals surface area contributed by atoms with Crippen molar-refractivity contribution in [1.29, 1.82) is 0 Å². The van der Waals surface area contributed by atoms with E-state index in [4.69, 9.17) is 9.47 Å². The number of nitrogens with one attached hydrogen (secondary N) is 1. The van der Waals surface area contributed by atoms with Crippen molar-refractivity contribution < 1.29 is 14.3 Å². The smallest absolute Gasteiger partial charge is 0.327 e. The molecule has 2 aromatic rings. The van der Waals surface area contributed by atoms with Gasteiger partial charge in [0.15, 0.2) is 0 Å². The van der Waals surface area contributed by atoms with Crippen LogP contribution in [0.2, 0.25) is 0 Å². The van der Waals surface area contributed by atoms with Gasteiger partial charge in [-0.15, -0.1) is 0 Å². The molecule has 1 N–H and O–H groups in total. The van der Waals surface area contributed by atoms with Crippen LogP contribution in [0, 0.1) is 0 Å². The standard InChI is InChI=1S/C18H20N2O3/c1-12(15-5-3-4-9-19-15)20-17(18(21)22-2)14-6-7-16-13(11-14)8-10-23-16/h3-7,9,11-12,17,20H,8,10H2,1-2H3/t12-,17+/m1/s1. The molecule has 5 heteroatoms. The van der Waals surface area contributed by atoms with E-state index in [1.807, 2.05) is 43.3 Å². The Morgan fingerprint density at radius 2 is 2.22 bits per heavy atom. The molecule has 1 aliphatic heterocycles. The molecular weight excluding hydrogens is 292 g/mol. The molecule has 0 fully saturated rings. The average molecular weight is 312 g/mol. The van der Waals surface area contributed by atoms with E-state index in [9.17, 15) is 4.79 Å². The normalized spacial score (nSPS) is 15.4. The molecule has 0 amide bonds. The van der Waals surface area contributed by atoms with E-state index in [2.05, 4.69) is 10.3 Å². The maximum Gasteiger partial charge on any atom is 0.327 e. The lowest BCUT2D eigenvalue weighted by molar-refractivity contribution is -0.143. The first kappa shape index (κ1) is 15.5. The fourth-order valence-corrected chi connectivity index (χ4v) is 2.77. The number of rotatable bonds is 5. The Morgan fingerprint density at radius 1 is 1.35 bits per heavy atom. The van der Waals surface area contributed by atoms with Gasteiger partial charge in [0.2, 0.25) is 0 Å². The number of aromatic nitrogens is 1. The van der Waals surface area contributed by atoms with Gasteiger partial charge in [-0.25, -0.2) is 4.79 Å². The lowest BCUT2D eigenvalue weighted by Crippen LogP contribution is -2.32. The van der Waals surface area contributed by atoms with Crippen LogP contribution in [0.25, 0.3) is 0 Å². The third kappa shape index (κ3) is 3.35. The lowest BCUT2D eigenvalue weighted by atomic mass is 10.0. The predicted octanol–water partition coefficient (Wildman–Crippen LogP) is 2.58. The molecule has 1 aromatic heterocycles. The average Bonchev–Trinajstić information content (AvgIpc) is 3.07. The summed E-state index contributed by atoms with van der Waals surface area (Å²) in [6.45, 7) is 2.67. The minimum Gasteiger partial charge on any atom is -0.493 e. The van der Waals surface area contributed by atoms with E-state index >= 15 is 0 Å². The number of methoxy groups -OCH3 is 1. The van der Waals surface area contributed by atoms with Crippen LogP contribution in [0.1, 0.15) is 35.8 Å². The van der Waals surface area contributed by atoms with Gasteiger partial charge in [-0.05, 0) is 42.3 Å². The molecule has 3 rings (SSSR count). The number of ether oxygens (including phenoxy) is 2. The van der Waals surface area contributed by atoms with Crippen LogP contribution in [-0.2, 0) is 16.0 Å². The monoisotopic (exact) mass is 312 g/mol. The van der Waals surface area contributed by atoms with Crippen molar-refractivity contribution >= 4 is 5.97 Å². The summed E-state index contributed by atoms with van der Waals surface area (Å²) in [5, 5.41) is 3.31. The summed E-state index contributed by atoms with van der Waals surface area (Å²) < 4.78 is 10.5. The van der Waals surface area contributed by atoms with Crippen molar-refractivity contribution in [1.82, 2.24) is 10.3 Å². The fourth-order valence-electron chi connectivity index (χ4n) is 2.77. The van der Waals surface area contributed by atoms with Gasteiger partial charge in [0, 0.05) is 18.7 Å². The van der Waals surface area contributed by atoms with Crippen molar-refractivity contribution in [2.45, 2.75) is 25.4 Å². The second kappa shape index (κ2) is 6.79.